The van der Waals surface area contributed by atoms with E-state index < -0.39 is 0 Å². The number of rotatable bonds is 8. The third-order valence-corrected chi connectivity index (χ3v) is 2.82. The van der Waals surface area contributed by atoms with Gasteiger partial charge in [0.15, 0.2) is 5.78 Å². The molecule has 0 saturated heterocycles. The van der Waals surface area contributed by atoms with E-state index >= 15 is 0 Å². The number of hydrogen-bond acceptors (Lipinski definition) is 3. The van der Waals surface area contributed by atoms with Gasteiger partial charge >= 0.3 is 0 Å². The predicted octanol–water partition coefficient (Wildman–Crippen LogP) is 2.12. The van der Waals surface area contributed by atoms with Gasteiger partial charge in [-0.1, -0.05) is 49.2 Å². The van der Waals surface area contributed by atoms with E-state index in [2.05, 4.69) is 0 Å². The highest BCUT2D eigenvalue weighted by atomic mass is 16.1. The molecule has 0 saturated carbocycles. The fourth-order valence-corrected chi connectivity index (χ4v) is 1.69. The van der Waals surface area contributed by atoms with Crippen LogP contribution in [0, 0.1) is 0 Å². The van der Waals surface area contributed by atoms with E-state index in [-0.39, 0.29) is 11.8 Å². The van der Waals surface area contributed by atoms with E-state index in [1.165, 1.54) is 0 Å². The lowest BCUT2D eigenvalue weighted by Crippen LogP contribution is -2.28. The minimum atomic E-state index is -0.386. The number of hydrogen-bond donors (Lipinski definition) is 2. The van der Waals surface area contributed by atoms with Gasteiger partial charge in [0.05, 0.1) is 6.04 Å². The molecule has 0 bridgehead atoms. The van der Waals surface area contributed by atoms with Gasteiger partial charge in [-0.15, -0.1) is 0 Å². The van der Waals surface area contributed by atoms with Crippen LogP contribution >= 0.6 is 0 Å². The Labute approximate surface area is 109 Å². The Kier molecular flexibility index (Phi) is 6.99. The molecule has 1 atom stereocenters. The molecule has 1 aromatic rings. The summed E-state index contributed by atoms with van der Waals surface area (Å²) >= 11 is 0. The van der Waals surface area contributed by atoms with Crippen LogP contribution in [-0.2, 0) is 4.79 Å². The Morgan fingerprint density at radius 2 is 1.89 bits per heavy atom. The average molecular weight is 246 g/mol. The van der Waals surface area contributed by atoms with Crippen LogP contribution in [0.4, 0.5) is 0 Å². The van der Waals surface area contributed by atoms with Gasteiger partial charge in [-0.2, -0.15) is 0 Å². The van der Waals surface area contributed by atoms with Crippen molar-refractivity contribution in [3.05, 3.63) is 42.0 Å². The Morgan fingerprint density at radius 1 is 1.17 bits per heavy atom. The van der Waals surface area contributed by atoms with Crippen molar-refractivity contribution in [3.63, 3.8) is 0 Å². The lowest BCUT2D eigenvalue weighted by Gasteiger charge is -2.07. The number of ketones is 1. The van der Waals surface area contributed by atoms with Crippen LogP contribution in [0.2, 0.25) is 0 Å². The summed E-state index contributed by atoms with van der Waals surface area (Å²) in [6.45, 7) is 0.705. The van der Waals surface area contributed by atoms with Crippen LogP contribution in [0.1, 0.15) is 31.2 Å². The Balaban J connectivity index is 2.33. The molecule has 0 aliphatic heterocycles. The first-order valence-electron chi connectivity index (χ1n) is 6.46. The molecule has 0 aliphatic rings. The van der Waals surface area contributed by atoms with Gasteiger partial charge in [0.1, 0.15) is 0 Å². The van der Waals surface area contributed by atoms with Gasteiger partial charge in [0, 0.05) is 0 Å². The first-order valence-corrected chi connectivity index (χ1v) is 6.46. The molecule has 0 aliphatic carbocycles. The maximum Gasteiger partial charge on any atom is 0.172 e. The summed E-state index contributed by atoms with van der Waals surface area (Å²) in [5.74, 6) is -0.00778. The van der Waals surface area contributed by atoms with Crippen LogP contribution in [0.3, 0.4) is 0 Å². The van der Waals surface area contributed by atoms with Gasteiger partial charge in [-0.25, -0.2) is 0 Å². The van der Waals surface area contributed by atoms with Crippen molar-refractivity contribution in [1.29, 1.82) is 0 Å². The average Bonchev–Trinajstić information content (AvgIpc) is 2.42. The number of carbonyl (C=O) groups is 1. The summed E-state index contributed by atoms with van der Waals surface area (Å²) in [6.07, 6.45) is 7.12. The second-order valence-electron chi connectivity index (χ2n) is 4.39. The maximum absolute atomic E-state index is 11.7. The zero-order valence-electron chi connectivity index (χ0n) is 10.7. The van der Waals surface area contributed by atoms with Crippen molar-refractivity contribution in [1.82, 2.24) is 0 Å². The fourth-order valence-electron chi connectivity index (χ4n) is 1.69. The number of benzene rings is 1. The number of carbonyl (C=O) groups excluding carboxylic acids is 1. The molecule has 0 heterocycles. The molecular weight excluding hydrogens is 224 g/mol. The minimum Gasteiger partial charge on any atom is -0.330 e. The fraction of sp³-hybridized carbons (Fsp3) is 0.400. The largest absolute Gasteiger partial charge is 0.330 e. The summed E-state index contributed by atoms with van der Waals surface area (Å²) in [5, 5.41) is 0. The maximum atomic E-state index is 11.7. The molecule has 1 unspecified atom stereocenters. The highest BCUT2D eigenvalue weighted by Crippen LogP contribution is 2.05. The van der Waals surface area contributed by atoms with Gasteiger partial charge in [0.2, 0.25) is 0 Å². The second-order valence-corrected chi connectivity index (χ2v) is 4.39. The Morgan fingerprint density at radius 3 is 2.56 bits per heavy atom. The smallest absolute Gasteiger partial charge is 0.172 e. The van der Waals surface area contributed by atoms with E-state index in [1.54, 1.807) is 6.08 Å². The van der Waals surface area contributed by atoms with Crippen LogP contribution in [0.5, 0.6) is 0 Å². The number of nitrogens with two attached hydrogens (primary N) is 2. The number of unbranched alkanes of at least 4 members (excludes halogenated alkanes) is 2. The van der Waals surface area contributed by atoms with Crippen molar-refractivity contribution >= 4 is 11.9 Å². The topological polar surface area (TPSA) is 69.1 Å². The van der Waals surface area contributed by atoms with Crippen LogP contribution < -0.4 is 11.5 Å². The Hall–Kier alpha value is -1.45. The lowest BCUT2D eigenvalue weighted by atomic mass is 10.0. The van der Waals surface area contributed by atoms with Crippen molar-refractivity contribution in [3.8, 4) is 0 Å². The zero-order chi connectivity index (χ0) is 13.2. The van der Waals surface area contributed by atoms with Crippen LogP contribution in [0.15, 0.2) is 36.4 Å². The van der Waals surface area contributed by atoms with Crippen LogP contribution in [0.25, 0.3) is 6.08 Å². The molecule has 1 aromatic carbocycles. The first kappa shape index (κ1) is 14.6. The summed E-state index contributed by atoms with van der Waals surface area (Å²) < 4.78 is 0. The van der Waals surface area contributed by atoms with Crippen molar-refractivity contribution in [2.75, 3.05) is 6.54 Å². The molecular formula is C15H22N2O. The van der Waals surface area contributed by atoms with E-state index in [0.29, 0.717) is 6.54 Å². The molecule has 1 rings (SSSR count). The van der Waals surface area contributed by atoms with E-state index in [1.807, 2.05) is 36.4 Å². The normalized spacial score (nSPS) is 12.8. The zero-order valence-corrected chi connectivity index (χ0v) is 10.7. The standard InChI is InChI=1S/C15H22N2O/c16-12-6-2-5-9-14(17)15(18)11-10-13-7-3-1-4-8-13/h1,3-4,7-8,10-11,14H,2,5-6,9,12,16-17H2. The first-order chi connectivity index (χ1) is 8.74. The molecule has 0 radical (unpaired) electrons. The summed E-state index contributed by atoms with van der Waals surface area (Å²) in [5.41, 5.74) is 12.3. The highest BCUT2D eigenvalue weighted by molar-refractivity contribution is 5.97. The SMILES string of the molecule is NCCCCCC(N)C(=O)C=Cc1ccccc1. The van der Waals surface area contributed by atoms with E-state index in [0.717, 1.165) is 31.2 Å². The Bertz CT molecular complexity index is 373. The van der Waals surface area contributed by atoms with Crippen LogP contribution in [-0.4, -0.2) is 18.4 Å². The molecule has 98 valence electrons. The molecule has 0 aromatic heterocycles. The molecule has 3 nitrogen and oxygen atoms in total. The third kappa shape index (κ3) is 5.75. The summed E-state index contributed by atoms with van der Waals surface area (Å²) in [4.78, 5) is 11.7. The quantitative estimate of drug-likeness (QED) is 0.545. The summed E-state index contributed by atoms with van der Waals surface area (Å²) in [7, 11) is 0. The van der Waals surface area contributed by atoms with E-state index in [4.69, 9.17) is 11.5 Å². The van der Waals surface area contributed by atoms with Gasteiger partial charge in [-0.3, -0.25) is 4.79 Å². The molecule has 18 heavy (non-hydrogen) atoms. The lowest BCUT2D eigenvalue weighted by molar-refractivity contribution is -0.115. The summed E-state index contributed by atoms with van der Waals surface area (Å²) in [6, 6.07) is 9.35. The molecule has 0 fully saturated rings. The molecule has 0 amide bonds. The molecule has 0 spiro atoms. The predicted molar refractivity (Wildman–Crippen MR) is 76.0 cm³/mol. The minimum absolute atomic E-state index is 0.00778. The van der Waals surface area contributed by atoms with Crippen molar-refractivity contribution in [2.45, 2.75) is 31.7 Å². The molecule has 3 heteroatoms. The van der Waals surface area contributed by atoms with Gasteiger partial charge in [-0.05, 0) is 31.0 Å². The van der Waals surface area contributed by atoms with Gasteiger partial charge in [0.25, 0.3) is 0 Å². The molecule has 4 N–H and O–H groups in total. The van der Waals surface area contributed by atoms with Gasteiger partial charge < -0.3 is 11.5 Å². The monoisotopic (exact) mass is 246 g/mol. The highest BCUT2D eigenvalue weighted by Gasteiger charge is 2.09. The van der Waals surface area contributed by atoms with E-state index in [9.17, 15) is 4.79 Å². The van der Waals surface area contributed by atoms with Crippen molar-refractivity contribution < 1.29 is 4.79 Å². The third-order valence-electron chi connectivity index (χ3n) is 2.82. The second kappa shape index (κ2) is 8.61. The van der Waals surface area contributed by atoms with Crippen molar-refractivity contribution in [2.24, 2.45) is 11.5 Å².